The maximum absolute atomic E-state index is 11.9. The Morgan fingerprint density at radius 1 is 1.29 bits per heavy atom. The molecule has 0 aliphatic rings. The van der Waals surface area contributed by atoms with E-state index in [0.29, 0.717) is 12.2 Å². The van der Waals surface area contributed by atoms with E-state index in [1.807, 2.05) is 0 Å². The monoisotopic (exact) mass is 295 g/mol. The third kappa shape index (κ3) is 5.27. The summed E-state index contributed by atoms with van der Waals surface area (Å²) in [5, 5.41) is 18.5. The quantitative estimate of drug-likeness (QED) is 0.371. The minimum absolute atomic E-state index is 0.0346. The number of phenolic OH excluding ortho intramolecular Hbond substituents is 1. The average molecular weight is 295 g/mol. The van der Waals surface area contributed by atoms with E-state index in [2.05, 4.69) is 6.92 Å². The summed E-state index contributed by atoms with van der Waals surface area (Å²) in [5.74, 6) is -0.508. The number of aromatic hydroxyl groups is 1. The molecule has 3 N–H and O–H groups in total. The summed E-state index contributed by atoms with van der Waals surface area (Å²) >= 11 is 0. The van der Waals surface area contributed by atoms with Gasteiger partial charge in [0.2, 0.25) is 0 Å². The fourth-order valence-electron chi connectivity index (χ4n) is 2.39. The largest absolute Gasteiger partial charge is 0.504 e. The molecule has 1 unspecified atom stereocenters. The molecule has 0 aliphatic heterocycles. The van der Waals surface area contributed by atoms with Crippen LogP contribution in [0.5, 0.6) is 11.5 Å². The molecule has 5 heteroatoms. The van der Waals surface area contributed by atoms with Crippen LogP contribution in [-0.4, -0.2) is 23.3 Å². The molecule has 0 saturated carbocycles. The van der Waals surface area contributed by atoms with E-state index < -0.39 is 11.8 Å². The second-order valence-electron chi connectivity index (χ2n) is 5.16. The summed E-state index contributed by atoms with van der Waals surface area (Å²) in [7, 11) is 1.46. The number of benzene rings is 1. The summed E-state index contributed by atoms with van der Waals surface area (Å²) in [6.07, 6.45) is 6.17. The topological polar surface area (TPSA) is 78.8 Å². The zero-order valence-corrected chi connectivity index (χ0v) is 12.8. The molecule has 0 aliphatic carbocycles. The molecule has 0 bridgehead atoms. The van der Waals surface area contributed by atoms with Gasteiger partial charge in [-0.2, -0.15) is 0 Å². The van der Waals surface area contributed by atoms with Gasteiger partial charge in [-0.05, 0) is 24.1 Å². The number of carbonyl (C=O) groups is 1. The van der Waals surface area contributed by atoms with Crippen molar-refractivity contribution in [3.63, 3.8) is 0 Å². The number of carbonyl (C=O) groups excluding carboxylic acids is 1. The Labute approximate surface area is 125 Å². The lowest BCUT2D eigenvalue weighted by Gasteiger charge is -2.16. The standard InChI is InChI=1S/C16H25NO4/c1-3-4-5-6-7-8-13(16(19)17-20)12-9-10-14(18)15(11-12)21-2/h9-11,13,18,20H,3-8H2,1-2H3,(H,17,19). The molecule has 0 saturated heterocycles. The van der Waals surface area contributed by atoms with Gasteiger partial charge >= 0.3 is 0 Å². The normalized spacial score (nSPS) is 12.0. The van der Waals surface area contributed by atoms with Gasteiger partial charge < -0.3 is 9.84 Å². The van der Waals surface area contributed by atoms with E-state index in [-0.39, 0.29) is 5.75 Å². The van der Waals surface area contributed by atoms with Crippen LogP contribution in [0.4, 0.5) is 0 Å². The van der Waals surface area contributed by atoms with Crippen LogP contribution in [0.3, 0.4) is 0 Å². The molecule has 1 atom stereocenters. The number of amides is 1. The molecule has 0 heterocycles. The van der Waals surface area contributed by atoms with E-state index in [1.165, 1.54) is 26.0 Å². The molecule has 1 aromatic rings. The van der Waals surface area contributed by atoms with Gasteiger partial charge in [-0.3, -0.25) is 10.0 Å². The highest BCUT2D eigenvalue weighted by Gasteiger charge is 2.21. The summed E-state index contributed by atoms with van der Waals surface area (Å²) in [5.41, 5.74) is 2.45. The highest BCUT2D eigenvalue weighted by atomic mass is 16.5. The van der Waals surface area contributed by atoms with E-state index in [1.54, 1.807) is 17.6 Å². The lowest BCUT2D eigenvalue weighted by molar-refractivity contribution is -0.131. The number of methoxy groups -OCH3 is 1. The molecular formula is C16H25NO4. The number of nitrogens with one attached hydrogen (secondary N) is 1. The first-order chi connectivity index (χ1) is 10.1. The zero-order valence-electron chi connectivity index (χ0n) is 12.8. The number of ether oxygens (including phenoxy) is 1. The van der Waals surface area contributed by atoms with E-state index in [4.69, 9.17) is 9.94 Å². The minimum atomic E-state index is -0.439. The minimum Gasteiger partial charge on any atom is -0.504 e. The van der Waals surface area contributed by atoms with Crippen LogP contribution in [0.1, 0.15) is 56.9 Å². The number of hydrogen-bond donors (Lipinski definition) is 3. The molecule has 1 aromatic carbocycles. The van der Waals surface area contributed by atoms with E-state index in [0.717, 1.165) is 24.8 Å². The predicted octanol–water partition coefficient (Wildman–Crippen LogP) is 3.35. The summed E-state index contributed by atoms with van der Waals surface area (Å²) in [6, 6.07) is 4.83. The van der Waals surface area contributed by atoms with Gasteiger partial charge in [-0.25, -0.2) is 5.48 Å². The van der Waals surface area contributed by atoms with Gasteiger partial charge in [0.1, 0.15) is 0 Å². The molecule has 21 heavy (non-hydrogen) atoms. The van der Waals surface area contributed by atoms with Crippen LogP contribution >= 0.6 is 0 Å². The van der Waals surface area contributed by atoms with E-state index in [9.17, 15) is 9.90 Å². The lowest BCUT2D eigenvalue weighted by atomic mass is 9.92. The number of hydroxylamine groups is 1. The van der Waals surface area contributed by atoms with Crippen LogP contribution in [0.25, 0.3) is 0 Å². The third-order valence-corrected chi connectivity index (χ3v) is 3.63. The van der Waals surface area contributed by atoms with Crippen LogP contribution in [-0.2, 0) is 4.79 Å². The van der Waals surface area contributed by atoms with Crippen LogP contribution in [0.2, 0.25) is 0 Å². The SMILES string of the molecule is CCCCCCCC(C(=O)NO)c1ccc(O)c(OC)c1. The van der Waals surface area contributed by atoms with E-state index >= 15 is 0 Å². The van der Waals surface area contributed by atoms with Crippen LogP contribution in [0, 0.1) is 0 Å². The fourth-order valence-corrected chi connectivity index (χ4v) is 2.39. The van der Waals surface area contributed by atoms with Crippen molar-refractivity contribution in [2.24, 2.45) is 0 Å². The number of hydrogen-bond acceptors (Lipinski definition) is 4. The van der Waals surface area contributed by atoms with Gasteiger partial charge in [-0.15, -0.1) is 0 Å². The van der Waals surface area contributed by atoms with Gasteiger partial charge in [0.15, 0.2) is 11.5 Å². The molecule has 5 nitrogen and oxygen atoms in total. The van der Waals surface area contributed by atoms with Crippen molar-refractivity contribution in [2.75, 3.05) is 7.11 Å². The van der Waals surface area contributed by atoms with Crippen molar-refractivity contribution in [2.45, 2.75) is 51.4 Å². The highest BCUT2D eigenvalue weighted by Crippen LogP contribution is 2.32. The van der Waals surface area contributed by atoms with Crippen molar-refractivity contribution in [1.29, 1.82) is 0 Å². The number of phenols is 1. The third-order valence-electron chi connectivity index (χ3n) is 3.63. The summed E-state index contributed by atoms with van der Waals surface area (Å²) < 4.78 is 5.06. The van der Waals surface area contributed by atoms with Gasteiger partial charge in [0.05, 0.1) is 13.0 Å². The smallest absolute Gasteiger partial charge is 0.250 e. The van der Waals surface area contributed by atoms with Crippen LogP contribution in [0.15, 0.2) is 18.2 Å². The summed E-state index contributed by atoms with van der Waals surface area (Å²) in [6.45, 7) is 2.16. The molecule has 0 spiro atoms. The van der Waals surface area contributed by atoms with Crippen LogP contribution < -0.4 is 10.2 Å². The highest BCUT2D eigenvalue weighted by molar-refractivity contribution is 5.82. The first-order valence-electron chi connectivity index (χ1n) is 7.44. The fraction of sp³-hybridized carbons (Fsp3) is 0.562. The van der Waals surface area contributed by atoms with Crippen molar-refractivity contribution in [1.82, 2.24) is 5.48 Å². The van der Waals surface area contributed by atoms with Crippen molar-refractivity contribution < 1.29 is 19.8 Å². The molecular weight excluding hydrogens is 270 g/mol. The molecule has 118 valence electrons. The Bertz CT molecular complexity index is 448. The first-order valence-corrected chi connectivity index (χ1v) is 7.44. The van der Waals surface area contributed by atoms with Gasteiger partial charge in [0, 0.05) is 0 Å². The predicted molar refractivity (Wildman–Crippen MR) is 80.7 cm³/mol. The second-order valence-corrected chi connectivity index (χ2v) is 5.16. The molecule has 0 radical (unpaired) electrons. The lowest BCUT2D eigenvalue weighted by Crippen LogP contribution is -2.26. The molecule has 1 amide bonds. The second kappa shape index (κ2) is 9.23. The Hall–Kier alpha value is -1.75. The maximum atomic E-state index is 11.9. The molecule has 1 rings (SSSR count). The Morgan fingerprint density at radius 2 is 2.00 bits per heavy atom. The average Bonchev–Trinajstić information content (AvgIpc) is 2.51. The molecule has 0 aromatic heterocycles. The molecule has 0 fully saturated rings. The van der Waals surface area contributed by atoms with Crippen molar-refractivity contribution >= 4 is 5.91 Å². The Kier molecular flexibility index (Phi) is 7.61. The zero-order chi connectivity index (χ0) is 15.7. The maximum Gasteiger partial charge on any atom is 0.250 e. The van der Waals surface area contributed by atoms with Gasteiger partial charge in [0.25, 0.3) is 5.91 Å². The number of rotatable bonds is 9. The Balaban J connectivity index is 2.75. The Morgan fingerprint density at radius 3 is 2.62 bits per heavy atom. The first kappa shape index (κ1) is 17.3. The van der Waals surface area contributed by atoms with Crippen molar-refractivity contribution in [3.05, 3.63) is 23.8 Å². The van der Waals surface area contributed by atoms with Crippen molar-refractivity contribution in [3.8, 4) is 11.5 Å². The van der Waals surface area contributed by atoms with Gasteiger partial charge in [-0.1, -0.05) is 45.1 Å². The number of unbranched alkanes of at least 4 members (excludes halogenated alkanes) is 4. The summed E-state index contributed by atoms with van der Waals surface area (Å²) in [4.78, 5) is 11.9.